The molecule has 2 N–H and O–H groups in total. The van der Waals surface area contributed by atoms with Gasteiger partial charge in [-0.15, -0.1) is 0 Å². The summed E-state index contributed by atoms with van der Waals surface area (Å²) in [5.74, 6) is 0. The molecule has 0 bridgehead atoms. The fourth-order valence-electron chi connectivity index (χ4n) is 3.23. The molecule has 114 valence electrons. The Morgan fingerprint density at radius 1 is 1.19 bits per heavy atom. The monoisotopic (exact) mass is 305 g/mol. The lowest BCUT2D eigenvalue weighted by Gasteiger charge is -2.32. The summed E-state index contributed by atoms with van der Waals surface area (Å²) in [5.41, 5.74) is 7.91. The van der Waals surface area contributed by atoms with Gasteiger partial charge in [0.05, 0.1) is 13.2 Å². The highest BCUT2D eigenvalue weighted by molar-refractivity contribution is 7.80. The first kappa shape index (κ1) is 14.9. The summed E-state index contributed by atoms with van der Waals surface area (Å²) in [7, 11) is 0. The highest BCUT2D eigenvalue weighted by Crippen LogP contribution is 2.19. The lowest BCUT2D eigenvalue weighted by Crippen LogP contribution is -2.44. The molecule has 0 amide bonds. The Labute approximate surface area is 131 Å². The van der Waals surface area contributed by atoms with Gasteiger partial charge in [0.15, 0.2) is 0 Å². The fraction of sp³-hybridized carbons (Fsp3) is 0.562. The molecule has 2 saturated heterocycles. The van der Waals surface area contributed by atoms with Crippen LogP contribution in [0.2, 0.25) is 0 Å². The highest BCUT2D eigenvalue weighted by Gasteiger charge is 2.28. The summed E-state index contributed by atoms with van der Waals surface area (Å²) in [6.45, 7) is 7.30. The molecule has 4 nitrogen and oxygen atoms in total. The van der Waals surface area contributed by atoms with E-state index in [-0.39, 0.29) is 0 Å². The van der Waals surface area contributed by atoms with E-state index in [0.717, 1.165) is 45.0 Å². The Balaban J connectivity index is 1.53. The van der Waals surface area contributed by atoms with Crippen LogP contribution in [0.15, 0.2) is 24.3 Å². The number of nitrogens with zero attached hydrogens (tertiary/aromatic N) is 2. The molecule has 1 unspecified atom stereocenters. The predicted molar refractivity (Wildman–Crippen MR) is 88.4 cm³/mol. The summed E-state index contributed by atoms with van der Waals surface area (Å²) in [6, 6.07) is 9.01. The van der Waals surface area contributed by atoms with E-state index in [1.165, 1.54) is 18.5 Å². The quantitative estimate of drug-likeness (QED) is 0.848. The topological polar surface area (TPSA) is 41.7 Å². The number of benzene rings is 1. The molecule has 0 aliphatic carbocycles. The van der Waals surface area contributed by atoms with Gasteiger partial charge in [0.1, 0.15) is 4.99 Å². The molecule has 1 atom stereocenters. The van der Waals surface area contributed by atoms with E-state index in [2.05, 4.69) is 21.9 Å². The molecule has 0 spiro atoms. The third-order valence-electron chi connectivity index (χ3n) is 4.45. The van der Waals surface area contributed by atoms with Gasteiger partial charge in [0.25, 0.3) is 0 Å². The Kier molecular flexibility index (Phi) is 4.85. The molecule has 0 saturated carbocycles. The van der Waals surface area contributed by atoms with Crippen LogP contribution in [0, 0.1) is 0 Å². The van der Waals surface area contributed by atoms with Crippen LogP contribution in [0.4, 0.5) is 0 Å². The number of rotatable bonds is 4. The van der Waals surface area contributed by atoms with Gasteiger partial charge in [0, 0.05) is 44.3 Å². The van der Waals surface area contributed by atoms with Crippen LogP contribution in [-0.2, 0) is 11.3 Å². The third-order valence-corrected chi connectivity index (χ3v) is 4.69. The normalized spacial score (nSPS) is 24.3. The minimum Gasteiger partial charge on any atom is -0.389 e. The van der Waals surface area contributed by atoms with Gasteiger partial charge in [-0.1, -0.05) is 36.5 Å². The Morgan fingerprint density at radius 2 is 1.90 bits per heavy atom. The van der Waals surface area contributed by atoms with Crippen molar-refractivity contribution in [3.8, 4) is 0 Å². The molecular formula is C16H23N3OS. The molecule has 21 heavy (non-hydrogen) atoms. The summed E-state index contributed by atoms with van der Waals surface area (Å²) in [4.78, 5) is 5.59. The summed E-state index contributed by atoms with van der Waals surface area (Å²) < 4.78 is 5.44. The number of nitrogens with two attached hydrogens (primary N) is 1. The van der Waals surface area contributed by atoms with Crippen LogP contribution in [0.1, 0.15) is 17.5 Å². The number of likely N-dealkylation sites (tertiary alicyclic amines) is 1. The largest absolute Gasteiger partial charge is 0.389 e. The minimum absolute atomic E-state index is 0.468. The summed E-state index contributed by atoms with van der Waals surface area (Å²) in [6.07, 6.45) is 1.27. The standard InChI is InChI=1S/C16H23N3OS/c17-16(21)14-3-1-13(2-4-14)11-18-6-5-15(12-18)19-7-9-20-10-8-19/h1-4,15H,5-12H2,(H2,17,21). The van der Waals surface area contributed by atoms with Crippen molar-refractivity contribution >= 4 is 17.2 Å². The van der Waals surface area contributed by atoms with Crippen LogP contribution in [-0.4, -0.2) is 60.2 Å². The van der Waals surface area contributed by atoms with Crippen molar-refractivity contribution in [2.75, 3.05) is 39.4 Å². The average molecular weight is 305 g/mol. The van der Waals surface area contributed by atoms with Crippen LogP contribution < -0.4 is 5.73 Å². The predicted octanol–water partition coefficient (Wildman–Crippen LogP) is 1.23. The number of ether oxygens (including phenoxy) is 1. The molecule has 2 aliphatic rings. The van der Waals surface area contributed by atoms with Crippen molar-refractivity contribution in [3.05, 3.63) is 35.4 Å². The lowest BCUT2D eigenvalue weighted by atomic mass is 10.1. The third kappa shape index (κ3) is 3.80. The summed E-state index contributed by atoms with van der Waals surface area (Å²) >= 11 is 4.99. The van der Waals surface area contributed by atoms with Crippen molar-refractivity contribution in [3.63, 3.8) is 0 Å². The molecule has 0 radical (unpaired) electrons. The smallest absolute Gasteiger partial charge is 0.103 e. The maximum atomic E-state index is 5.63. The van der Waals surface area contributed by atoms with E-state index in [4.69, 9.17) is 22.7 Å². The van der Waals surface area contributed by atoms with Gasteiger partial charge < -0.3 is 10.5 Å². The Hall–Kier alpha value is -1.01. The zero-order valence-electron chi connectivity index (χ0n) is 12.3. The number of morpholine rings is 1. The Bertz CT molecular complexity index is 485. The van der Waals surface area contributed by atoms with Crippen molar-refractivity contribution < 1.29 is 4.74 Å². The molecule has 3 rings (SSSR count). The van der Waals surface area contributed by atoms with Crippen LogP contribution in [0.25, 0.3) is 0 Å². The van der Waals surface area contributed by atoms with E-state index >= 15 is 0 Å². The van der Waals surface area contributed by atoms with E-state index in [1.807, 2.05) is 12.1 Å². The van der Waals surface area contributed by atoms with Crippen LogP contribution in [0.3, 0.4) is 0 Å². The van der Waals surface area contributed by atoms with Gasteiger partial charge in [-0.2, -0.15) is 0 Å². The first-order chi connectivity index (χ1) is 10.2. The van der Waals surface area contributed by atoms with E-state index in [1.54, 1.807) is 0 Å². The number of hydrogen-bond acceptors (Lipinski definition) is 4. The molecule has 0 aromatic heterocycles. The maximum absolute atomic E-state index is 5.63. The van der Waals surface area contributed by atoms with Gasteiger partial charge in [-0.3, -0.25) is 9.80 Å². The van der Waals surface area contributed by atoms with Gasteiger partial charge in [-0.05, 0) is 12.0 Å². The molecule has 1 aromatic carbocycles. The fourth-order valence-corrected chi connectivity index (χ4v) is 3.37. The van der Waals surface area contributed by atoms with Crippen molar-refractivity contribution in [2.45, 2.75) is 19.0 Å². The van der Waals surface area contributed by atoms with E-state index < -0.39 is 0 Å². The second kappa shape index (κ2) is 6.83. The second-order valence-electron chi connectivity index (χ2n) is 5.89. The minimum atomic E-state index is 0.468. The summed E-state index contributed by atoms with van der Waals surface area (Å²) in [5, 5.41) is 0. The first-order valence-electron chi connectivity index (χ1n) is 7.65. The second-order valence-corrected chi connectivity index (χ2v) is 6.33. The SMILES string of the molecule is NC(=S)c1ccc(CN2CCC(N3CCOCC3)C2)cc1. The van der Waals surface area contributed by atoms with Crippen LogP contribution >= 0.6 is 12.2 Å². The molecular weight excluding hydrogens is 282 g/mol. The molecule has 1 aromatic rings. The highest BCUT2D eigenvalue weighted by atomic mass is 32.1. The molecule has 2 fully saturated rings. The molecule has 5 heteroatoms. The number of hydrogen-bond donors (Lipinski definition) is 1. The lowest BCUT2D eigenvalue weighted by molar-refractivity contribution is 0.0184. The van der Waals surface area contributed by atoms with E-state index in [9.17, 15) is 0 Å². The van der Waals surface area contributed by atoms with Crippen LogP contribution in [0.5, 0.6) is 0 Å². The average Bonchev–Trinajstić information content (AvgIpc) is 2.97. The maximum Gasteiger partial charge on any atom is 0.103 e. The van der Waals surface area contributed by atoms with Crippen molar-refractivity contribution in [2.24, 2.45) is 5.73 Å². The van der Waals surface area contributed by atoms with Crippen molar-refractivity contribution in [1.29, 1.82) is 0 Å². The van der Waals surface area contributed by atoms with Crippen molar-refractivity contribution in [1.82, 2.24) is 9.80 Å². The molecule has 2 aliphatic heterocycles. The zero-order chi connectivity index (χ0) is 14.7. The van der Waals surface area contributed by atoms with Gasteiger partial charge in [0.2, 0.25) is 0 Å². The Morgan fingerprint density at radius 3 is 2.57 bits per heavy atom. The number of thiocarbonyl (C=S) groups is 1. The first-order valence-corrected chi connectivity index (χ1v) is 8.06. The van der Waals surface area contributed by atoms with E-state index in [0.29, 0.717) is 11.0 Å². The van der Waals surface area contributed by atoms with Gasteiger partial charge in [-0.25, -0.2) is 0 Å². The van der Waals surface area contributed by atoms with Gasteiger partial charge >= 0.3 is 0 Å². The zero-order valence-corrected chi connectivity index (χ0v) is 13.1. The molecule has 2 heterocycles.